The Balaban J connectivity index is 1.23. The maximum absolute atomic E-state index is 13.1. The second-order valence-electron chi connectivity index (χ2n) is 9.74. The molecule has 3 amide bonds. The van der Waals surface area contributed by atoms with E-state index in [9.17, 15) is 14.4 Å². The molecule has 6 nitrogen and oxygen atoms in total. The Hall–Kier alpha value is -2.48. The van der Waals surface area contributed by atoms with Crippen LogP contribution in [0.15, 0.2) is 60.7 Å². The minimum absolute atomic E-state index is 0.0191. The van der Waals surface area contributed by atoms with Gasteiger partial charge in [0.2, 0.25) is 11.8 Å². The highest BCUT2D eigenvalue weighted by molar-refractivity contribution is 6.53. The van der Waals surface area contributed by atoms with E-state index in [0.717, 1.165) is 12.8 Å². The van der Waals surface area contributed by atoms with Gasteiger partial charge in [0.05, 0.1) is 16.5 Å². The molecule has 0 heterocycles. The van der Waals surface area contributed by atoms with Crippen LogP contribution >= 0.6 is 58.0 Å². The Kier molecular flexibility index (Phi) is 8.05. The minimum Gasteiger partial charge on any atom is -0.326 e. The third-order valence-corrected chi connectivity index (χ3v) is 8.36. The number of alkyl halides is 2. The zero-order valence-electron chi connectivity index (χ0n) is 20.2. The Labute approximate surface area is 250 Å². The van der Waals surface area contributed by atoms with Crippen LogP contribution in [0, 0.1) is 11.8 Å². The summed E-state index contributed by atoms with van der Waals surface area (Å²) in [6.07, 6.45) is 2.73. The number of carbonyl (C=O) groups excluding carboxylic acids is 3. The zero-order chi connectivity index (χ0) is 27.9. The van der Waals surface area contributed by atoms with Crippen molar-refractivity contribution < 1.29 is 14.4 Å². The van der Waals surface area contributed by atoms with Crippen molar-refractivity contribution in [3.8, 4) is 0 Å². The van der Waals surface area contributed by atoms with Gasteiger partial charge in [-0.15, -0.1) is 23.2 Å². The highest BCUT2D eigenvalue weighted by Gasteiger charge is 2.67. The third kappa shape index (κ3) is 6.64. The monoisotopic (exact) mass is 623 g/mol. The summed E-state index contributed by atoms with van der Waals surface area (Å²) >= 11 is 31.4. The molecule has 2 aliphatic rings. The van der Waals surface area contributed by atoms with Crippen molar-refractivity contribution >= 4 is 92.8 Å². The average Bonchev–Trinajstić information content (AvgIpc) is 3.77. The van der Waals surface area contributed by atoms with Crippen molar-refractivity contribution in [3.05, 3.63) is 86.9 Å². The lowest BCUT2D eigenvalue weighted by molar-refractivity contribution is -0.117. The van der Waals surface area contributed by atoms with Crippen LogP contribution in [0.2, 0.25) is 15.1 Å². The first kappa shape index (κ1) is 28.1. The predicted octanol–water partition coefficient (Wildman–Crippen LogP) is 8.16. The molecule has 0 aliphatic heterocycles. The molecule has 0 saturated heterocycles. The molecule has 0 radical (unpaired) electrons. The second kappa shape index (κ2) is 11.2. The fourth-order valence-electron chi connectivity index (χ4n) is 4.45. The number of halogens is 5. The Morgan fingerprint density at radius 2 is 1.36 bits per heavy atom. The summed E-state index contributed by atoms with van der Waals surface area (Å²) in [4.78, 5) is 38.0. The van der Waals surface area contributed by atoms with Crippen molar-refractivity contribution in [2.24, 2.45) is 11.8 Å². The molecule has 2 atom stereocenters. The molecule has 3 aromatic carbocycles. The maximum Gasteiger partial charge on any atom is 0.257 e. The first-order valence-electron chi connectivity index (χ1n) is 12.2. The van der Waals surface area contributed by atoms with Gasteiger partial charge in [-0.3, -0.25) is 14.4 Å². The van der Waals surface area contributed by atoms with Gasteiger partial charge in [0, 0.05) is 39.4 Å². The summed E-state index contributed by atoms with van der Waals surface area (Å²) in [6.45, 7) is 0. The summed E-state index contributed by atoms with van der Waals surface area (Å²) in [7, 11) is 0. The van der Waals surface area contributed by atoms with E-state index < -0.39 is 28.0 Å². The highest BCUT2D eigenvalue weighted by Crippen LogP contribution is 2.65. The summed E-state index contributed by atoms with van der Waals surface area (Å²) in [6, 6.07) is 16.3. The van der Waals surface area contributed by atoms with Crippen LogP contribution in [-0.4, -0.2) is 22.1 Å². The molecule has 11 heteroatoms. The molecular weight excluding hydrogens is 604 g/mol. The molecule has 0 aromatic heterocycles. The van der Waals surface area contributed by atoms with Gasteiger partial charge in [0.15, 0.2) is 0 Å². The highest BCUT2D eigenvalue weighted by atomic mass is 35.5. The second-order valence-corrected chi connectivity index (χ2v) is 12.5. The van der Waals surface area contributed by atoms with Gasteiger partial charge in [-0.05, 0) is 85.0 Å². The van der Waals surface area contributed by atoms with E-state index in [2.05, 4.69) is 16.0 Å². The smallest absolute Gasteiger partial charge is 0.257 e. The van der Waals surface area contributed by atoms with Crippen molar-refractivity contribution in [1.82, 2.24) is 0 Å². The predicted molar refractivity (Wildman–Crippen MR) is 158 cm³/mol. The minimum atomic E-state index is -1.34. The number of benzene rings is 3. The molecule has 202 valence electrons. The molecule has 39 heavy (non-hydrogen) atoms. The topological polar surface area (TPSA) is 87.3 Å². The SMILES string of the molecule is O=C(CC1CC1)Nc1ccc(NC(=O)c2cc(NC(=O)[C@H]3[C@H](c4cc(Cl)cc(Cl)c4)C3(Cl)Cl)ccc2Cl)cc1. The number of rotatable bonds is 8. The van der Waals surface area contributed by atoms with E-state index in [1.807, 2.05) is 0 Å². The van der Waals surface area contributed by atoms with Crippen molar-refractivity contribution in [2.75, 3.05) is 16.0 Å². The Morgan fingerprint density at radius 3 is 1.97 bits per heavy atom. The average molecular weight is 626 g/mol. The van der Waals surface area contributed by atoms with Gasteiger partial charge >= 0.3 is 0 Å². The van der Waals surface area contributed by atoms with Crippen molar-refractivity contribution in [2.45, 2.75) is 29.5 Å². The lowest BCUT2D eigenvalue weighted by atomic mass is 10.1. The maximum atomic E-state index is 13.1. The van der Waals surface area contributed by atoms with E-state index in [0.29, 0.717) is 45.0 Å². The largest absolute Gasteiger partial charge is 0.326 e. The summed E-state index contributed by atoms with van der Waals surface area (Å²) in [5.41, 5.74) is 2.33. The standard InChI is InChI=1S/C28H22Cl5N3O3/c29-16-10-15(11-17(30)12-16)24-25(28(24,32)33)27(39)36-20-7-8-22(31)21(13-20)26(38)35-19-5-3-18(4-6-19)34-23(37)9-14-1-2-14/h3-8,10-14,24-25H,1-2,9H2,(H,34,37)(H,35,38)(H,36,39)/t24-,25+/m0/s1. The molecule has 0 bridgehead atoms. The first-order chi connectivity index (χ1) is 18.5. The van der Waals surface area contributed by atoms with Crippen molar-refractivity contribution in [3.63, 3.8) is 0 Å². The molecule has 3 N–H and O–H groups in total. The molecule has 0 unspecified atom stereocenters. The number of nitrogens with one attached hydrogen (secondary N) is 3. The summed E-state index contributed by atoms with van der Waals surface area (Å²) in [5.74, 6) is -1.68. The summed E-state index contributed by atoms with van der Waals surface area (Å²) < 4.78 is -1.34. The van der Waals surface area contributed by atoms with Crippen LogP contribution in [0.1, 0.15) is 41.1 Å². The fourth-order valence-corrected chi connectivity index (χ4v) is 6.03. The van der Waals surface area contributed by atoms with Gasteiger partial charge in [-0.2, -0.15) is 0 Å². The number of hydrogen-bond donors (Lipinski definition) is 3. The van der Waals surface area contributed by atoms with Gasteiger partial charge in [0.25, 0.3) is 5.91 Å². The molecule has 2 aliphatic carbocycles. The van der Waals surface area contributed by atoms with E-state index >= 15 is 0 Å². The number of carbonyl (C=O) groups is 3. The Bertz CT molecular complexity index is 1440. The molecule has 0 spiro atoms. The molecular formula is C28H22Cl5N3O3. The van der Waals surface area contributed by atoms with Crippen LogP contribution in [0.4, 0.5) is 17.1 Å². The van der Waals surface area contributed by atoms with E-state index in [1.54, 1.807) is 48.5 Å². The van der Waals surface area contributed by atoms with Gasteiger partial charge in [-0.1, -0.05) is 34.8 Å². The van der Waals surface area contributed by atoms with Crippen LogP contribution in [0.5, 0.6) is 0 Å². The van der Waals surface area contributed by atoms with Crippen LogP contribution < -0.4 is 16.0 Å². The molecule has 5 rings (SSSR count). The number of anilines is 3. The lowest BCUT2D eigenvalue weighted by Gasteiger charge is -2.11. The number of hydrogen-bond acceptors (Lipinski definition) is 3. The van der Waals surface area contributed by atoms with Crippen molar-refractivity contribution in [1.29, 1.82) is 0 Å². The van der Waals surface area contributed by atoms with Gasteiger partial charge < -0.3 is 16.0 Å². The fraction of sp³-hybridized carbons (Fsp3) is 0.250. The number of amides is 3. The van der Waals surface area contributed by atoms with E-state index in [1.165, 1.54) is 12.1 Å². The van der Waals surface area contributed by atoms with E-state index in [-0.39, 0.29) is 16.5 Å². The van der Waals surface area contributed by atoms with Crippen LogP contribution in [0.25, 0.3) is 0 Å². The first-order valence-corrected chi connectivity index (χ1v) is 14.1. The normalized spacial score (nSPS) is 19.2. The van der Waals surface area contributed by atoms with Gasteiger partial charge in [-0.25, -0.2) is 0 Å². The zero-order valence-corrected chi connectivity index (χ0v) is 24.0. The molecule has 3 aromatic rings. The third-order valence-electron chi connectivity index (χ3n) is 6.66. The van der Waals surface area contributed by atoms with Crippen LogP contribution in [0.3, 0.4) is 0 Å². The van der Waals surface area contributed by atoms with E-state index in [4.69, 9.17) is 58.0 Å². The molecule has 2 saturated carbocycles. The summed E-state index contributed by atoms with van der Waals surface area (Å²) in [5, 5.41) is 9.42. The lowest BCUT2D eigenvalue weighted by Crippen LogP contribution is -2.18. The quantitative estimate of drug-likeness (QED) is 0.221. The van der Waals surface area contributed by atoms with Crippen LogP contribution in [-0.2, 0) is 9.59 Å². The molecule has 2 fully saturated rings. The van der Waals surface area contributed by atoms with Gasteiger partial charge in [0.1, 0.15) is 4.33 Å². The Morgan fingerprint density at radius 1 is 0.769 bits per heavy atom.